The van der Waals surface area contributed by atoms with E-state index in [1.165, 1.54) is 0 Å². The predicted octanol–water partition coefficient (Wildman–Crippen LogP) is 4.22. The summed E-state index contributed by atoms with van der Waals surface area (Å²) in [5.74, 6) is 0.625. The second-order valence-electron chi connectivity index (χ2n) is 4.58. The van der Waals surface area contributed by atoms with Crippen LogP contribution in [0.15, 0.2) is 48.7 Å². The highest BCUT2D eigenvalue weighted by Gasteiger charge is 2.07. The van der Waals surface area contributed by atoms with E-state index >= 15 is 0 Å². The maximum Gasteiger partial charge on any atom is 0.139 e. The summed E-state index contributed by atoms with van der Waals surface area (Å²) in [6, 6.07) is 13.2. The molecule has 0 bridgehead atoms. The van der Waals surface area contributed by atoms with Crippen molar-refractivity contribution in [2.45, 2.75) is 0 Å². The number of nitrogens with two attached hydrogens (primary N) is 1. The lowest BCUT2D eigenvalue weighted by atomic mass is 10.1. The molecule has 0 radical (unpaired) electrons. The Morgan fingerprint density at radius 3 is 2.86 bits per heavy atom. The summed E-state index contributed by atoms with van der Waals surface area (Å²) >= 11 is 6.04. The van der Waals surface area contributed by atoms with Gasteiger partial charge in [0.25, 0.3) is 0 Å². The fourth-order valence-electron chi connectivity index (χ4n) is 2.20. The smallest absolute Gasteiger partial charge is 0.139 e. The zero-order chi connectivity index (χ0) is 14.8. The van der Waals surface area contributed by atoms with Gasteiger partial charge in [0.2, 0.25) is 0 Å². The van der Waals surface area contributed by atoms with E-state index < -0.39 is 0 Å². The molecule has 0 aliphatic heterocycles. The average Bonchev–Trinajstić information content (AvgIpc) is 2.52. The number of nitrogens with one attached hydrogen (secondary N) is 1. The number of rotatable bonds is 3. The minimum absolute atomic E-state index is 0.576. The van der Waals surface area contributed by atoms with Crippen molar-refractivity contribution in [3.63, 3.8) is 0 Å². The number of benzene rings is 2. The van der Waals surface area contributed by atoms with Crippen molar-refractivity contribution in [3.05, 3.63) is 53.7 Å². The fraction of sp³-hybridized carbons (Fsp3) is 0.0625. The van der Waals surface area contributed by atoms with Gasteiger partial charge < -0.3 is 15.8 Å². The molecule has 2 aromatic carbocycles. The first-order valence-electron chi connectivity index (χ1n) is 6.43. The topological polar surface area (TPSA) is 60.2 Å². The van der Waals surface area contributed by atoms with Crippen LogP contribution in [0.4, 0.5) is 17.1 Å². The third-order valence-electron chi connectivity index (χ3n) is 3.23. The van der Waals surface area contributed by atoms with Gasteiger partial charge in [-0.25, -0.2) is 0 Å². The van der Waals surface area contributed by atoms with Gasteiger partial charge in [-0.05, 0) is 36.4 Å². The fourth-order valence-corrected chi connectivity index (χ4v) is 2.39. The Kier molecular flexibility index (Phi) is 3.54. The Labute approximate surface area is 127 Å². The number of anilines is 3. The van der Waals surface area contributed by atoms with Crippen LogP contribution in [0.2, 0.25) is 5.02 Å². The molecule has 3 aromatic rings. The van der Waals surface area contributed by atoms with Gasteiger partial charge in [0, 0.05) is 29.0 Å². The molecular weight excluding hydrogens is 286 g/mol. The van der Waals surface area contributed by atoms with Gasteiger partial charge in [-0.3, -0.25) is 4.98 Å². The molecule has 0 saturated heterocycles. The highest BCUT2D eigenvalue weighted by molar-refractivity contribution is 6.32. The molecule has 4 nitrogen and oxygen atoms in total. The number of aromatic nitrogens is 1. The molecule has 21 heavy (non-hydrogen) atoms. The number of hydrogen-bond donors (Lipinski definition) is 2. The zero-order valence-corrected chi connectivity index (χ0v) is 12.2. The summed E-state index contributed by atoms with van der Waals surface area (Å²) in [6.45, 7) is 0. The van der Waals surface area contributed by atoms with Crippen LogP contribution in [0, 0.1) is 0 Å². The molecule has 3 N–H and O–H groups in total. The number of nitrogens with zero attached hydrogens (tertiary/aromatic N) is 1. The van der Waals surface area contributed by atoms with Gasteiger partial charge in [0.05, 0.1) is 23.3 Å². The second kappa shape index (κ2) is 5.50. The maximum absolute atomic E-state index is 6.04. The SMILES string of the molecule is COc1cc(Nc2ccc(N)c3ncccc23)ccc1Cl. The summed E-state index contributed by atoms with van der Waals surface area (Å²) in [7, 11) is 1.59. The number of ether oxygens (including phenoxy) is 1. The molecule has 1 aromatic heterocycles. The van der Waals surface area contributed by atoms with Crippen LogP contribution in [-0.4, -0.2) is 12.1 Å². The monoisotopic (exact) mass is 299 g/mol. The number of methoxy groups -OCH3 is 1. The van der Waals surface area contributed by atoms with E-state index in [4.69, 9.17) is 22.1 Å². The van der Waals surface area contributed by atoms with E-state index in [9.17, 15) is 0 Å². The average molecular weight is 300 g/mol. The lowest BCUT2D eigenvalue weighted by molar-refractivity contribution is 0.415. The quantitative estimate of drug-likeness (QED) is 0.711. The highest BCUT2D eigenvalue weighted by atomic mass is 35.5. The summed E-state index contributed by atoms with van der Waals surface area (Å²) in [4.78, 5) is 4.32. The van der Waals surface area contributed by atoms with E-state index in [0.29, 0.717) is 16.5 Å². The third kappa shape index (κ3) is 2.58. The minimum atomic E-state index is 0.576. The van der Waals surface area contributed by atoms with E-state index in [0.717, 1.165) is 22.3 Å². The van der Waals surface area contributed by atoms with Gasteiger partial charge >= 0.3 is 0 Å². The Bertz CT molecular complexity index is 805. The molecule has 0 aliphatic rings. The first kappa shape index (κ1) is 13.5. The predicted molar refractivity (Wildman–Crippen MR) is 87.4 cm³/mol. The maximum atomic E-state index is 6.04. The summed E-state index contributed by atoms with van der Waals surface area (Å²) in [5, 5.41) is 4.88. The van der Waals surface area contributed by atoms with Gasteiger partial charge in [0.1, 0.15) is 5.75 Å². The Morgan fingerprint density at radius 1 is 1.19 bits per heavy atom. The molecule has 0 saturated carbocycles. The number of hydrogen-bond acceptors (Lipinski definition) is 4. The number of nitrogen functional groups attached to an aromatic ring is 1. The van der Waals surface area contributed by atoms with Crippen molar-refractivity contribution in [3.8, 4) is 5.75 Å². The first-order chi connectivity index (χ1) is 10.2. The van der Waals surface area contributed by atoms with Crippen molar-refractivity contribution in [1.82, 2.24) is 4.98 Å². The highest BCUT2D eigenvalue weighted by Crippen LogP contribution is 2.32. The summed E-state index contributed by atoms with van der Waals surface area (Å²) in [6.07, 6.45) is 1.73. The van der Waals surface area contributed by atoms with E-state index in [2.05, 4.69) is 10.3 Å². The van der Waals surface area contributed by atoms with Gasteiger partial charge in [-0.2, -0.15) is 0 Å². The zero-order valence-electron chi connectivity index (χ0n) is 11.4. The molecule has 0 spiro atoms. The minimum Gasteiger partial charge on any atom is -0.495 e. The molecular formula is C16H14ClN3O. The number of pyridine rings is 1. The van der Waals surface area contributed by atoms with Crippen molar-refractivity contribution in [2.24, 2.45) is 0 Å². The first-order valence-corrected chi connectivity index (χ1v) is 6.80. The molecule has 1 heterocycles. The Morgan fingerprint density at radius 2 is 2.05 bits per heavy atom. The molecule has 0 unspecified atom stereocenters. The van der Waals surface area contributed by atoms with Crippen molar-refractivity contribution >= 4 is 39.6 Å². The van der Waals surface area contributed by atoms with Crippen LogP contribution in [0.25, 0.3) is 10.9 Å². The molecule has 3 rings (SSSR count). The van der Waals surface area contributed by atoms with Gasteiger partial charge in [-0.15, -0.1) is 0 Å². The van der Waals surface area contributed by atoms with Crippen LogP contribution in [0.5, 0.6) is 5.75 Å². The number of fused-ring (bicyclic) bond motifs is 1. The molecule has 0 atom stereocenters. The lowest BCUT2D eigenvalue weighted by Crippen LogP contribution is -1.96. The van der Waals surface area contributed by atoms with Crippen molar-refractivity contribution in [1.29, 1.82) is 0 Å². The van der Waals surface area contributed by atoms with Crippen molar-refractivity contribution in [2.75, 3.05) is 18.2 Å². The molecule has 0 amide bonds. The molecule has 0 fully saturated rings. The standard InChI is InChI=1S/C16H14ClN3O/c1-21-15-9-10(4-5-12(15)17)20-14-7-6-13(18)16-11(14)3-2-8-19-16/h2-9,20H,18H2,1H3. The Balaban J connectivity index is 2.04. The van der Waals surface area contributed by atoms with Crippen LogP contribution < -0.4 is 15.8 Å². The lowest BCUT2D eigenvalue weighted by Gasteiger charge is -2.12. The normalized spacial score (nSPS) is 10.6. The second-order valence-corrected chi connectivity index (χ2v) is 4.98. The van der Waals surface area contributed by atoms with Crippen LogP contribution >= 0.6 is 11.6 Å². The molecule has 5 heteroatoms. The van der Waals surface area contributed by atoms with Crippen LogP contribution in [0.3, 0.4) is 0 Å². The van der Waals surface area contributed by atoms with Gasteiger partial charge in [-0.1, -0.05) is 11.6 Å². The third-order valence-corrected chi connectivity index (χ3v) is 3.54. The van der Waals surface area contributed by atoms with Crippen LogP contribution in [0.1, 0.15) is 0 Å². The molecule has 106 valence electrons. The van der Waals surface area contributed by atoms with Crippen LogP contribution in [-0.2, 0) is 0 Å². The van der Waals surface area contributed by atoms with Gasteiger partial charge in [0.15, 0.2) is 0 Å². The van der Waals surface area contributed by atoms with E-state index in [1.54, 1.807) is 19.4 Å². The Hall–Kier alpha value is -2.46. The largest absolute Gasteiger partial charge is 0.495 e. The number of halogens is 1. The molecule has 0 aliphatic carbocycles. The van der Waals surface area contributed by atoms with E-state index in [-0.39, 0.29) is 0 Å². The van der Waals surface area contributed by atoms with Crippen molar-refractivity contribution < 1.29 is 4.74 Å². The van der Waals surface area contributed by atoms with E-state index in [1.807, 2.05) is 36.4 Å². The summed E-state index contributed by atoms with van der Waals surface area (Å²) in [5.41, 5.74) is 9.20. The summed E-state index contributed by atoms with van der Waals surface area (Å²) < 4.78 is 5.23.